The highest BCUT2D eigenvalue weighted by atomic mass is 32.1. The lowest BCUT2D eigenvalue weighted by Crippen LogP contribution is -2.31. The monoisotopic (exact) mass is 309 g/mol. The molecule has 0 bridgehead atoms. The predicted octanol–water partition coefficient (Wildman–Crippen LogP) is -0.237. The molecule has 0 saturated carbocycles. The number of carboxylic acid groups (broad SMARTS) is 1. The summed E-state index contributed by atoms with van der Waals surface area (Å²) < 4.78 is 14.0. The van der Waals surface area contributed by atoms with Crippen LogP contribution in [0.1, 0.15) is 9.80 Å². The normalized spacial score (nSPS) is 10.9. The van der Waals surface area contributed by atoms with E-state index in [0.717, 1.165) is 22.2 Å². The van der Waals surface area contributed by atoms with Gasteiger partial charge < -0.3 is 5.11 Å². The minimum absolute atomic E-state index is 0.0217. The van der Waals surface area contributed by atoms with E-state index in [0.29, 0.717) is 6.20 Å². The molecule has 0 radical (unpaired) electrons. The van der Waals surface area contributed by atoms with E-state index in [1.54, 1.807) is 4.98 Å². The second kappa shape index (κ2) is 4.56. The van der Waals surface area contributed by atoms with Gasteiger partial charge in [0.15, 0.2) is 5.82 Å². The molecule has 0 saturated heterocycles. The summed E-state index contributed by atoms with van der Waals surface area (Å²) in [6, 6.07) is 0. The summed E-state index contributed by atoms with van der Waals surface area (Å²) in [5, 5.41) is 8.66. The number of carboxylic acids is 1. The third kappa shape index (κ3) is 2.08. The number of carbonyl (C=O) groups is 1. The summed E-state index contributed by atoms with van der Waals surface area (Å²) in [7, 11) is 0. The topological polar surface area (TPSA) is 131 Å². The lowest BCUT2D eigenvalue weighted by molar-refractivity contribution is 0.0696. The largest absolute Gasteiger partial charge is 0.476 e. The number of H-pyrrole nitrogens is 1. The molecule has 11 heteroatoms. The van der Waals surface area contributed by atoms with Crippen molar-refractivity contribution < 1.29 is 14.3 Å². The molecule has 0 unspecified atom stereocenters. The van der Waals surface area contributed by atoms with Gasteiger partial charge in [-0.1, -0.05) is 11.3 Å². The molecular formula is C10H4FN5O4S. The van der Waals surface area contributed by atoms with E-state index in [4.69, 9.17) is 5.11 Å². The molecule has 3 heterocycles. The van der Waals surface area contributed by atoms with Crippen molar-refractivity contribution in [2.75, 3.05) is 0 Å². The van der Waals surface area contributed by atoms with E-state index < -0.39 is 23.0 Å². The van der Waals surface area contributed by atoms with Crippen molar-refractivity contribution in [2.45, 2.75) is 0 Å². The quantitative estimate of drug-likeness (QED) is 0.668. The molecular weight excluding hydrogens is 305 g/mol. The van der Waals surface area contributed by atoms with Gasteiger partial charge in [0.1, 0.15) is 16.7 Å². The molecule has 0 fully saturated rings. The van der Waals surface area contributed by atoms with Crippen LogP contribution in [0.15, 0.2) is 22.1 Å². The molecule has 0 aliphatic rings. The van der Waals surface area contributed by atoms with E-state index in [-0.39, 0.29) is 21.2 Å². The summed E-state index contributed by atoms with van der Waals surface area (Å²) in [4.78, 5) is 47.1. The molecule has 0 aromatic carbocycles. The van der Waals surface area contributed by atoms with E-state index in [9.17, 15) is 18.8 Å². The number of thiazole rings is 1. The fraction of sp³-hybridized carbons (Fsp3) is 0. The Morgan fingerprint density at radius 3 is 2.86 bits per heavy atom. The second-order valence-corrected chi connectivity index (χ2v) is 4.76. The van der Waals surface area contributed by atoms with Crippen LogP contribution >= 0.6 is 11.3 Å². The molecule has 106 valence electrons. The predicted molar refractivity (Wildman–Crippen MR) is 68.3 cm³/mol. The SMILES string of the molecule is O=C(O)c1nc2c(-n3cc(F)c(=O)[nH]c3=O)ncnc2s1. The van der Waals surface area contributed by atoms with Crippen LogP contribution < -0.4 is 11.2 Å². The van der Waals surface area contributed by atoms with Gasteiger partial charge in [-0.05, 0) is 0 Å². The summed E-state index contributed by atoms with van der Waals surface area (Å²) in [5.74, 6) is -2.57. The van der Waals surface area contributed by atoms with Crippen LogP contribution in [0.4, 0.5) is 4.39 Å². The van der Waals surface area contributed by atoms with Gasteiger partial charge in [0, 0.05) is 0 Å². The molecule has 2 N–H and O–H groups in total. The average Bonchev–Trinajstić information content (AvgIpc) is 2.87. The van der Waals surface area contributed by atoms with Gasteiger partial charge in [-0.2, -0.15) is 4.39 Å². The van der Waals surface area contributed by atoms with Gasteiger partial charge >= 0.3 is 11.7 Å². The number of hydrogen-bond donors (Lipinski definition) is 2. The number of nitrogens with zero attached hydrogens (tertiary/aromatic N) is 4. The Hall–Kier alpha value is -2.95. The van der Waals surface area contributed by atoms with Gasteiger partial charge in [-0.3, -0.25) is 9.78 Å². The van der Waals surface area contributed by atoms with Crippen molar-refractivity contribution >= 4 is 27.7 Å². The van der Waals surface area contributed by atoms with Crippen LogP contribution in [-0.4, -0.2) is 35.6 Å². The van der Waals surface area contributed by atoms with Gasteiger partial charge in [0.25, 0.3) is 5.56 Å². The maximum Gasteiger partial charge on any atom is 0.365 e. The van der Waals surface area contributed by atoms with Crippen molar-refractivity contribution in [3.05, 3.63) is 44.2 Å². The maximum atomic E-state index is 13.3. The Morgan fingerprint density at radius 1 is 1.38 bits per heavy atom. The van der Waals surface area contributed by atoms with Crippen LogP contribution in [0.5, 0.6) is 0 Å². The summed E-state index contributed by atoms with van der Waals surface area (Å²) in [5.41, 5.74) is -2.06. The van der Waals surface area contributed by atoms with Gasteiger partial charge in [0.05, 0.1) is 6.20 Å². The number of aromatic amines is 1. The van der Waals surface area contributed by atoms with Crippen molar-refractivity contribution in [3.63, 3.8) is 0 Å². The zero-order valence-corrected chi connectivity index (χ0v) is 10.7. The fourth-order valence-corrected chi connectivity index (χ4v) is 2.36. The smallest absolute Gasteiger partial charge is 0.365 e. The molecule has 3 aromatic heterocycles. The second-order valence-electron chi connectivity index (χ2n) is 3.78. The van der Waals surface area contributed by atoms with Crippen LogP contribution in [-0.2, 0) is 0 Å². The van der Waals surface area contributed by atoms with Crippen LogP contribution in [0.2, 0.25) is 0 Å². The first kappa shape index (κ1) is 13.1. The number of hydrogen-bond acceptors (Lipinski definition) is 7. The third-order valence-corrected chi connectivity index (χ3v) is 3.44. The van der Waals surface area contributed by atoms with Gasteiger partial charge in [-0.15, -0.1) is 0 Å². The van der Waals surface area contributed by atoms with E-state index in [1.807, 2.05) is 0 Å². The Labute approximate surface area is 117 Å². The molecule has 0 aliphatic carbocycles. The first-order chi connectivity index (χ1) is 9.97. The van der Waals surface area contributed by atoms with Crippen molar-refractivity contribution in [2.24, 2.45) is 0 Å². The number of rotatable bonds is 2. The molecule has 3 aromatic rings. The lowest BCUT2D eigenvalue weighted by atomic mass is 10.5. The zero-order chi connectivity index (χ0) is 15.1. The molecule has 9 nitrogen and oxygen atoms in total. The number of halogens is 1. The molecule has 0 aliphatic heterocycles. The number of aromatic nitrogens is 5. The van der Waals surface area contributed by atoms with Gasteiger partial charge in [-0.25, -0.2) is 29.1 Å². The Bertz CT molecular complexity index is 991. The molecule has 0 spiro atoms. The van der Waals surface area contributed by atoms with E-state index in [2.05, 4.69) is 15.0 Å². The van der Waals surface area contributed by atoms with Crippen LogP contribution in [0.3, 0.4) is 0 Å². The molecule has 3 rings (SSSR count). The highest BCUT2D eigenvalue weighted by Gasteiger charge is 2.17. The molecule has 0 amide bonds. The van der Waals surface area contributed by atoms with Crippen molar-refractivity contribution in [3.8, 4) is 5.82 Å². The average molecular weight is 309 g/mol. The standard InChI is InChI=1S/C10H4FN5O4S/c11-3-1-16(10(20)15-6(3)17)5-4-7(13-2-12-5)21-8(14-4)9(18)19/h1-2H,(H,18,19)(H,15,17,20). The Kier molecular flexibility index (Phi) is 2.83. The first-order valence-electron chi connectivity index (χ1n) is 5.34. The lowest BCUT2D eigenvalue weighted by Gasteiger charge is -2.03. The number of fused-ring (bicyclic) bond motifs is 1. The minimum atomic E-state index is -1.26. The summed E-state index contributed by atoms with van der Waals surface area (Å²) >= 11 is 0.785. The van der Waals surface area contributed by atoms with E-state index in [1.165, 1.54) is 0 Å². The number of nitrogens with one attached hydrogen (secondary N) is 1. The first-order valence-corrected chi connectivity index (χ1v) is 6.15. The van der Waals surface area contributed by atoms with E-state index >= 15 is 0 Å². The maximum absolute atomic E-state index is 13.3. The van der Waals surface area contributed by atoms with Gasteiger partial charge in [0.2, 0.25) is 10.8 Å². The summed E-state index contributed by atoms with van der Waals surface area (Å²) in [6.45, 7) is 0. The van der Waals surface area contributed by atoms with Crippen LogP contribution in [0.25, 0.3) is 16.2 Å². The fourth-order valence-electron chi connectivity index (χ4n) is 1.62. The highest BCUT2D eigenvalue weighted by molar-refractivity contribution is 7.19. The summed E-state index contributed by atoms with van der Waals surface area (Å²) in [6.07, 6.45) is 1.74. The number of aromatic carboxylic acids is 1. The Morgan fingerprint density at radius 2 is 2.14 bits per heavy atom. The highest BCUT2D eigenvalue weighted by Crippen LogP contribution is 2.22. The molecule has 0 atom stereocenters. The minimum Gasteiger partial charge on any atom is -0.476 e. The van der Waals surface area contributed by atoms with Crippen molar-refractivity contribution in [1.29, 1.82) is 0 Å². The molecule has 21 heavy (non-hydrogen) atoms. The zero-order valence-electron chi connectivity index (χ0n) is 9.90. The Balaban J connectivity index is 2.35. The third-order valence-electron chi connectivity index (χ3n) is 2.49. The van der Waals surface area contributed by atoms with Crippen LogP contribution in [0, 0.1) is 5.82 Å². The van der Waals surface area contributed by atoms with Crippen molar-refractivity contribution in [1.82, 2.24) is 24.5 Å².